The Kier molecular flexibility index (Phi) is 8.12. The monoisotopic (exact) mass is 547 g/mol. The molecule has 0 bridgehead atoms. The number of pyridine rings is 1. The third-order valence-corrected chi connectivity index (χ3v) is 7.32. The van der Waals surface area contributed by atoms with Crippen molar-refractivity contribution in [1.29, 1.82) is 0 Å². The number of imidazole rings is 1. The minimum Gasteiger partial charge on any atom is -0.379 e. The Bertz CT molecular complexity index is 1240. The lowest BCUT2D eigenvalue weighted by Crippen LogP contribution is -2.35. The lowest BCUT2D eigenvalue weighted by Gasteiger charge is -2.34. The number of rotatable bonds is 7. The Morgan fingerprint density at radius 3 is 2.58 bits per heavy atom. The Hall–Kier alpha value is -2.58. The van der Waals surface area contributed by atoms with E-state index < -0.39 is 0 Å². The molecule has 0 radical (unpaired) electrons. The molecule has 188 valence electrons. The zero-order valence-electron chi connectivity index (χ0n) is 20.6. The number of benzene rings is 2. The van der Waals surface area contributed by atoms with Crippen LogP contribution in [0, 0.1) is 0 Å². The molecule has 2 aliphatic rings. The van der Waals surface area contributed by atoms with Crippen LogP contribution in [0.25, 0.3) is 11.0 Å². The van der Waals surface area contributed by atoms with Crippen LogP contribution in [-0.4, -0.2) is 51.1 Å². The Morgan fingerprint density at radius 2 is 1.75 bits per heavy atom. The lowest BCUT2D eigenvalue weighted by atomic mass is 9.90. The van der Waals surface area contributed by atoms with Crippen LogP contribution in [0.3, 0.4) is 0 Å². The van der Waals surface area contributed by atoms with E-state index >= 15 is 0 Å². The molecule has 1 fully saturated rings. The van der Waals surface area contributed by atoms with Gasteiger partial charge < -0.3 is 9.72 Å². The van der Waals surface area contributed by atoms with Crippen molar-refractivity contribution in [3.8, 4) is 0 Å². The maximum atomic E-state index is 5.49. The van der Waals surface area contributed by atoms with E-state index in [1.165, 1.54) is 28.8 Å². The number of hydrogen-bond donors (Lipinski definition) is 1. The molecule has 2 aromatic carbocycles. The van der Waals surface area contributed by atoms with E-state index in [0.717, 1.165) is 75.6 Å². The first kappa shape index (κ1) is 25.1. The maximum Gasteiger partial charge on any atom is 0.121 e. The summed E-state index contributed by atoms with van der Waals surface area (Å²) in [5, 5.41) is 0. The Morgan fingerprint density at radius 1 is 0.944 bits per heavy atom. The summed E-state index contributed by atoms with van der Waals surface area (Å²) in [7, 11) is 0. The first-order chi connectivity index (χ1) is 17.3. The van der Waals surface area contributed by atoms with E-state index in [-0.39, 0.29) is 17.0 Å². The molecule has 36 heavy (non-hydrogen) atoms. The van der Waals surface area contributed by atoms with E-state index in [0.29, 0.717) is 6.04 Å². The van der Waals surface area contributed by atoms with Gasteiger partial charge in [-0.05, 0) is 54.2 Å². The molecule has 6 nitrogen and oxygen atoms in total. The van der Waals surface area contributed by atoms with Gasteiger partial charge in [0.2, 0.25) is 0 Å². The molecule has 1 aliphatic heterocycles. The zero-order valence-corrected chi connectivity index (χ0v) is 22.3. The highest BCUT2D eigenvalue weighted by Crippen LogP contribution is 2.34. The summed E-state index contributed by atoms with van der Waals surface area (Å²) in [5.41, 5.74) is 7.44. The second-order valence-corrected chi connectivity index (χ2v) is 9.77. The van der Waals surface area contributed by atoms with E-state index in [1.807, 2.05) is 12.3 Å². The quantitative estimate of drug-likeness (QED) is 0.333. The first-order valence-electron chi connectivity index (χ1n) is 12.8. The fourth-order valence-electron chi connectivity index (χ4n) is 5.49. The summed E-state index contributed by atoms with van der Waals surface area (Å²) < 4.78 is 5.49. The van der Waals surface area contributed by atoms with Crippen LogP contribution in [0.5, 0.6) is 0 Å². The van der Waals surface area contributed by atoms with Crippen molar-refractivity contribution in [3.05, 3.63) is 95.1 Å². The van der Waals surface area contributed by atoms with Crippen LogP contribution >= 0.6 is 17.0 Å². The number of ether oxygens (including phenoxy) is 1. The number of nitrogens with zero attached hydrogens (tertiary/aromatic N) is 4. The zero-order chi connectivity index (χ0) is 23.5. The molecular formula is C29H34BrN5O. The van der Waals surface area contributed by atoms with Gasteiger partial charge >= 0.3 is 0 Å². The summed E-state index contributed by atoms with van der Waals surface area (Å²) in [5.74, 6) is 1.01. The van der Waals surface area contributed by atoms with E-state index in [1.54, 1.807) is 0 Å². The smallest absolute Gasteiger partial charge is 0.121 e. The second kappa shape index (κ2) is 11.6. The number of fused-ring (bicyclic) bond motifs is 2. The van der Waals surface area contributed by atoms with E-state index in [4.69, 9.17) is 14.7 Å². The molecule has 1 aliphatic carbocycles. The normalized spacial score (nSPS) is 18.2. The molecule has 2 aromatic heterocycles. The second-order valence-electron chi connectivity index (χ2n) is 9.77. The average Bonchev–Trinajstić information content (AvgIpc) is 3.32. The number of aromatic amines is 1. The van der Waals surface area contributed by atoms with Gasteiger partial charge in [0.1, 0.15) is 5.82 Å². The number of H-pyrrole nitrogens is 1. The summed E-state index contributed by atoms with van der Waals surface area (Å²) in [6, 6.07) is 22.0. The predicted octanol–water partition coefficient (Wildman–Crippen LogP) is 5.45. The summed E-state index contributed by atoms with van der Waals surface area (Å²) >= 11 is 0. The van der Waals surface area contributed by atoms with Crippen LogP contribution < -0.4 is 0 Å². The molecular weight excluding hydrogens is 514 g/mol. The van der Waals surface area contributed by atoms with Crippen LogP contribution in [0.1, 0.15) is 47.1 Å². The Labute approximate surface area is 223 Å². The largest absolute Gasteiger partial charge is 0.379 e. The van der Waals surface area contributed by atoms with Gasteiger partial charge in [-0.25, -0.2) is 4.98 Å². The van der Waals surface area contributed by atoms with Crippen molar-refractivity contribution in [3.63, 3.8) is 0 Å². The average molecular weight is 549 g/mol. The van der Waals surface area contributed by atoms with Gasteiger partial charge in [-0.15, -0.1) is 17.0 Å². The number of morpholine rings is 1. The standard InChI is InChI=1S/C29H33N5O.BrH/c1-2-8-26-25(7-1)31-28(32-26)21-34(27-9-3-5-24-6-4-14-30-29(24)27)20-23-12-10-22(11-13-23)19-33-15-17-35-18-16-33;/h1-2,4,6-8,10-14,27H,3,5,9,15-21H2,(H,31,32);1H. The van der Waals surface area contributed by atoms with Gasteiger partial charge in [-0.3, -0.25) is 14.8 Å². The van der Waals surface area contributed by atoms with Gasteiger partial charge in [0.05, 0.1) is 42.5 Å². The molecule has 1 N–H and O–H groups in total. The third-order valence-electron chi connectivity index (χ3n) is 7.32. The van der Waals surface area contributed by atoms with E-state index in [2.05, 4.69) is 69.4 Å². The van der Waals surface area contributed by atoms with E-state index in [9.17, 15) is 0 Å². The fraction of sp³-hybridized carbons (Fsp3) is 0.379. The third kappa shape index (κ3) is 5.70. The molecule has 6 rings (SSSR count). The topological polar surface area (TPSA) is 57.3 Å². The molecule has 4 aromatic rings. The van der Waals surface area contributed by atoms with Gasteiger partial charge in [-0.2, -0.15) is 0 Å². The van der Waals surface area contributed by atoms with Gasteiger partial charge in [0.25, 0.3) is 0 Å². The van der Waals surface area contributed by atoms with Crippen molar-refractivity contribution in [2.75, 3.05) is 26.3 Å². The summed E-state index contributed by atoms with van der Waals surface area (Å²) in [6.07, 6.45) is 5.38. The molecule has 0 saturated carbocycles. The van der Waals surface area contributed by atoms with Crippen molar-refractivity contribution in [2.45, 2.75) is 44.9 Å². The van der Waals surface area contributed by atoms with Crippen LogP contribution in [0.2, 0.25) is 0 Å². The number of aryl methyl sites for hydroxylation is 1. The summed E-state index contributed by atoms with van der Waals surface area (Å²) in [6.45, 7) is 6.34. The van der Waals surface area contributed by atoms with Gasteiger partial charge in [-0.1, -0.05) is 42.5 Å². The molecule has 1 atom stereocenters. The number of nitrogens with one attached hydrogen (secondary N) is 1. The van der Waals surface area contributed by atoms with Crippen LogP contribution in [0.4, 0.5) is 0 Å². The van der Waals surface area contributed by atoms with Gasteiger partial charge in [0.15, 0.2) is 0 Å². The SMILES string of the molecule is Br.c1cnc2c(c1)CCCC2N(Cc1ccc(CN2CCOCC2)cc1)Cc1nc2ccccc2[nH]1. The molecule has 1 unspecified atom stereocenters. The molecule has 0 spiro atoms. The maximum absolute atomic E-state index is 5.49. The minimum absolute atomic E-state index is 0. The molecule has 3 heterocycles. The molecule has 1 saturated heterocycles. The van der Waals surface area contributed by atoms with Crippen molar-refractivity contribution < 1.29 is 4.74 Å². The Balaban J connectivity index is 0.00000267. The number of para-hydroxylation sites is 2. The first-order valence-corrected chi connectivity index (χ1v) is 12.8. The van der Waals surface area contributed by atoms with Gasteiger partial charge in [0, 0.05) is 32.4 Å². The minimum atomic E-state index is 0. The predicted molar refractivity (Wildman–Crippen MR) is 148 cm³/mol. The highest BCUT2D eigenvalue weighted by atomic mass is 79.9. The lowest BCUT2D eigenvalue weighted by molar-refractivity contribution is 0.0342. The number of aromatic nitrogens is 3. The van der Waals surface area contributed by atoms with Crippen molar-refractivity contribution in [2.24, 2.45) is 0 Å². The number of halogens is 1. The molecule has 7 heteroatoms. The van der Waals surface area contributed by atoms with Crippen LogP contribution in [-0.2, 0) is 30.8 Å². The summed E-state index contributed by atoms with van der Waals surface area (Å²) in [4.78, 5) is 18.3. The highest BCUT2D eigenvalue weighted by Gasteiger charge is 2.28. The fourth-order valence-corrected chi connectivity index (χ4v) is 5.49. The molecule has 0 amide bonds. The van der Waals surface area contributed by atoms with Crippen LogP contribution in [0.15, 0.2) is 66.9 Å². The van der Waals surface area contributed by atoms with Crippen molar-refractivity contribution >= 4 is 28.0 Å². The van der Waals surface area contributed by atoms with Crippen molar-refractivity contribution in [1.82, 2.24) is 24.8 Å². The highest BCUT2D eigenvalue weighted by molar-refractivity contribution is 8.93. The number of hydrogen-bond acceptors (Lipinski definition) is 5.